The second kappa shape index (κ2) is 12.3. The van der Waals surface area contributed by atoms with Crippen molar-refractivity contribution in [2.45, 2.75) is 20.4 Å². The first kappa shape index (κ1) is 22.9. The molecule has 27 heavy (non-hydrogen) atoms. The Labute approximate surface area is 178 Å². The molecule has 6 nitrogen and oxygen atoms in total. The van der Waals surface area contributed by atoms with Crippen molar-refractivity contribution in [3.8, 4) is 17.2 Å². The molecule has 0 spiro atoms. The summed E-state index contributed by atoms with van der Waals surface area (Å²) >= 11 is 0. The summed E-state index contributed by atoms with van der Waals surface area (Å²) in [7, 11) is 1.60. The Balaban J connectivity index is 0.00000364. The van der Waals surface area contributed by atoms with E-state index in [4.69, 9.17) is 9.47 Å². The second-order valence-corrected chi connectivity index (χ2v) is 5.78. The molecule has 3 N–H and O–H groups in total. The second-order valence-electron chi connectivity index (χ2n) is 5.78. The van der Waals surface area contributed by atoms with E-state index in [1.807, 2.05) is 38.1 Å². The fourth-order valence-electron chi connectivity index (χ4n) is 2.29. The lowest BCUT2D eigenvalue weighted by Crippen LogP contribution is -2.39. The number of methoxy groups -OCH3 is 1. The molecule has 0 saturated carbocycles. The Morgan fingerprint density at radius 3 is 2.44 bits per heavy atom. The molecule has 0 radical (unpaired) electrons. The van der Waals surface area contributed by atoms with Gasteiger partial charge in [-0.05, 0) is 44.2 Å². The number of ether oxygens (including phenoxy) is 2. The number of aliphatic imine (C=N–C) groups is 1. The maximum atomic E-state index is 9.95. The molecule has 0 amide bonds. The highest BCUT2D eigenvalue weighted by molar-refractivity contribution is 14.0. The Morgan fingerprint density at radius 2 is 1.78 bits per heavy atom. The van der Waals surface area contributed by atoms with E-state index in [1.165, 1.54) is 5.56 Å². The Bertz CT molecular complexity index is 721. The third-order valence-electron chi connectivity index (χ3n) is 3.72. The van der Waals surface area contributed by atoms with Gasteiger partial charge in [-0.3, -0.25) is 0 Å². The minimum Gasteiger partial charge on any atom is -0.508 e. The number of guanidine groups is 1. The number of benzene rings is 2. The van der Waals surface area contributed by atoms with Gasteiger partial charge < -0.3 is 25.2 Å². The van der Waals surface area contributed by atoms with Crippen molar-refractivity contribution < 1.29 is 14.6 Å². The van der Waals surface area contributed by atoms with Crippen LogP contribution in [0.5, 0.6) is 17.2 Å². The molecule has 2 rings (SSSR count). The van der Waals surface area contributed by atoms with E-state index in [-0.39, 0.29) is 29.7 Å². The zero-order chi connectivity index (χ0) is 18.8. The van der Waals surface area contributed by atoms with E-state index in [0.29, 0.717) is 37.0 Å². The van der Waals surface area contributed by atoms with Crippen molar-refractivity contribution >= 4 is 29.9 Å². The molecule has 2 aromatic rings. The number of phenolic OH excluding ortho intramolecular Hbond substituents is 1. The minimum absolute atomic E-state index is 0. The van der Waals surface area contributed by atoms with Crippen molar-refractivity contribution in [2.24, 2.45) is 4.99 Å². The number of halogens is 1. The lowest BCUT2D eigenvalue weighted by Gasteiger charge is -2.12. The van der Waals surface area contributed by atoms with Gasteiger partial charge in [-0.25, -0.2) is 4.99 Å². The molecule has 0 heterocycles. The number of hydrogen-bond donors (Lipinski definition) is 3. The van der Waals surface area contributed by atoms with E-state index in [2.05, 4.69) is 15.6 Å². The van der Waals surface area contributed by atoms with Crippen molar-refractivity contribution in [1.29, 1.82) is 0 Å². The van der Waals surface area contributed by atoms with Gasteiger partial charge in [-0.15, -0.1) is 24.0 Å². The molecular formula is C20H28IN3O3. The summed E-state index contributed by atoms with van der Waals surface area (Å²) in [5, 5.41) is 16.3. The predicted octanol–water partition coefficient (Wildman–Crippen LogP) is 3.46. The molecule has 2 aromatic carbocycles. The van der Waals surface area contributed by atoms with E-state index in [1.54, 1.807) is 25.3 Å². The SMILES string of the molecule is CCNC(=NCc1cc(OC)ccc1O)NCCOc1ccc(C)cc1.I. The van der Waals surface area contributed by atoms with E-state index in [0.717, 1.165) is 12.3 Å². The zero-order valence-corrected chi connectivity index (χ0v) is 18.3. The van der Waals surface area contributed by atoms with Gasteiger partial charge in [0.1, 0.15) is 23.9 Å². The fourth-order valence-corrected chi connectivity index (χ4v) is 2.29. The first-order valence-corrected chi connectivity index (χ1v) is 8.70. The quantitative estimate of drug-likeness (QED) is 0.231. The fraction of sp³-hybridized carbons (Fsp3) is 0.350. The van der Waals surface area contributed by atoms with Gasteiger partial charge in [0.25, 0.3) is 0 Å². The third-order valence-corrected chi connectivity index (χ3v) is 3.72. The lowest BCUT2D eigenvalue weighted by atomic mass is 10.2. The summed E-state index contributed by atoms with van der Waals surface area (Å²) in [6.45, 7) is 6.28. The molecule has 0 aliphatic rings. The maximum absolute atomic E-state index is 9.95. The summed E-state index contributed by atoms with van der Waals surface area (Å²) in [5.74, 6) is 2.41. The van der Waals surface area contributed by atoms with Gasteiger partial charge in [0.15, 0.2) is 5.96 Å². The number of rotatable bonds is 8. The molecule has 0 unspecified atom stereocenters. The van der Waals surface area contributed by atoms with Crippen LogP contribution in [0.1, 0.15) is 18.1 Å². The van der Waals surface area contributed by atoms with Crippen LogP contribution in [0.25, 0.3) is 0 Å². The van der Waals surface area contributed by atoms with Crippen LogP contribution in [0.3, 0.4) is 0 Å². The first-order chi connectivity index (χ1) is 12.6. The van der Waals surface area contributed by atoms with Crippen LogP contribution in [-0.2, 0) is 6.54 Å². The highest BCUT2D eigenvalue weighted by Gasteiger charge is 2.04. The molecule has 0 saturated heterocycles. The number of hydrogen-bond acceptors (Lipinski definition) is 4. The highest BCUT2D eigenvalue weighted by atomic mass is 127. The van der Waals surface area contributed by atoms with Crippen molar-refractivity contribution in [3.05, 3.63) is 53.6 Å². The molecule has 0 aliphatic carbocycles. The normalized spacial score (nSPS) is 10.7. The summed E-state index contributed by atoms with van der Waals surface area (Å²) < 4.78 is 10.9. The number of nitrogens with one attached hydrogen (secondary N) is 2. The standard InChI is InChI=1S/C20H27N3O3.HI/c1-4-21-20(22-11-12-26-17-7-5-15(2)6-8-17)23-14-16-13-18(25-3)9-10-19(16)24;/h5-10,13,24H,4,11-12,14H2,1-3H3,(H2,21,22,23);1H. The van der Waals surface area contributed by atoms with Gasteiger partial charge in [-0.1, -0.05) is 17.7 Å². The average Bonchev–Trinajstić information content (AvgIpc) is 2.65. The Hall–Kier alpha value is -2.16. The Morgan fingerprint density at radius 1 is 1.07 bits per heavy atom. The molecule has 0 aromatic heterocycles. The average molecular weight is 485 g/mol. The molecule has 0 fully saturated rings. The van der Waals surface area contributed by atoms with Crippen LogP contribution >= 0.6 is 24.0 Å². The number of phenols is 1. The molecule has 0 aliphatic heterocycles. The van der Waals surface area contributed by atoms with Crippen molar-refractivity contribution in [3.63, 3.8) is 0 Å². The Kier molecular flexibility index (Phi) is 10.4. The van der Waals surface area contributed by atoms with Crippen molar-refractivity contribution in [1.82, 2.24) is 10.6 Å². The zero-order valence-electron chi connectivity index (χ0n) is 16.0. The molecule has 0 atom stereocenters. The first-order valence-electron chi connectivity index (χ1n) is 8.70. The van der Waals surface area contributed by atoms with E-state index >= 15 is 0 Å². The van der Waals surface area contributed by atoms with Gasteiger partial charge in [0, 0.05) is 12.1 Å². The number of aromatic hydroxyl groups is 1. The van der Waals surface area contributed by atoms with Crippen molar-refractivity contribution in [2.75, 3.05) is 26.8 Å². The van der Waals surface area contributed by atoms with Crippen LogP contribution in [0.2, 0.25) is 0 Å². The molecule has 7 heteroatoms. The largest absolute Gasteiger partial charge is 0.508 e. The topological polar surface area (TPSA) is 75.1 Å². The van der Waals surface area contributed by atoms with Crippen LogP contribution in [-0.4, -0.2) is 37.9 Å². The molecule has 148 valence electrons. The van der Waals surface area contributed by atoms with Crippen LogP contribution in [0.15, 0.2) is 47.5 Å². The van der Waals surface area contributed by atoms with Crippen LogP contribution in [0.4, 0.5) is 0 Å². The smallest absolute Gasteiger partial charge is 0.191 e. The van der Waals surface area contributed by atoms with Crippen LogP contribution < -0.4 is 20.1 Å². The number of nitrogens with zero attached hydrogens (tertiary/aromatic N) is 1. The maximum Gasteiger partial charge on any atom is 0.191 e. The van der Waals surface area contributed by atoms with Gasteiger partial charge in [-0.2, -0.15) is 0 Å². The molecular weight excluding hydrogens is 457 g/mol. The summed E-state index contributed by atoms with van der Waals surface area (Å²) in [6.07, 6.45) is 0. The van der Waals surface area contributed by atoms with Gasteiger partial charge in [0.2, 0.25) is 0 Å². The summed E-state index contributed by atoms with van der Waals surface area (Å²) in [5.41, 5.74) is 1.91. The third kappa shape index (κ3) is 7.94. The summed E-state index contributed by atoms with van der Waals surface area (Å²) in [4.78, 5) is 4.50. The van der Waals surface area contributed by atoms with Gasteiger partial charge in [0.05, 0.1) is 20.2 Å². The number of aryl methyl sites for hydroxylation is 1. The monoisotopic (exact) mass is 485 g/mol. The van der Waals surface area contributed by atoms with Gasteiger partial charge >= 0.3 is 0 Å². The van der Waals surface area contributed by atoms with E-state index in [9.17, 15) is 5.11 Å². The predicted molar refractivity (Wildman–Crippen MR) is 120 cm³/mol. The summed E-state index contributed by atoms with van der Waals surface area (Å²) in [6, 6.07) is 13.1. The molecule has 0 bridgehead atoms. The lowest BCUT2D eigenvalue weighted by molar-refractivity contribution is 0.322. The highest BCUT2D eigenvalue weighted by Crippen LogP contribution is 2.23. The van der Waals surface area contributed by atoms with Crippen LogP contribution in [0, 0.1) is 6.92 Å². The van der Waals surface area contributed by atoms with E-state index < -0.39 is 0 Å². The minimum atomic E-state index is 0.